The fourth-order valence-corrected chi connectivity index (χ4v) is 1.72. The fourth-order valence-electron chi connectivity index (χ4n) is 1.72. The summed E-state index contributed by atoms with van der Waals surface area (Å²) < 4.78 is 36.2. The van der Waals surface area contributed by atoms with E-state index in [9.17, 15) is 28.1 Å². The topological polar surface area (TPSA) is 104 Å². The van der Waals surface area contributed by atoms with Crippen LogP contribution in [-0.4, -0.2) is 34.9 Å². The largest absolute Gasteiger partial charge is 0.414 e. The minimum atomic E-state index is -4.73. The second-order valence-electron chi connectivity index (χ2n) is 4.82. The average molecular weight is 335 g/mol. The van der Waals surface area contributed by atoms with Gasteiger partial charge in [0, 0.05) is 18.7 Å². The number of aliphatic hydroxyl groups is 1. The third kappa shape index (κ3) is 6.10. The van der Waals surface area contributed by atoms with Crippen LogP contribution in [0.1, 0.15) is 24.9 Å². The Balaban J connectivity index is 2.48. The van der Waals surface area contributed by atoms with Gasteiger partial charge in [0.2, 0.25) is 0 Å². The van der Waals surface area contributed by atoms with Crippen molar-refractivity contribution in [2.75, 3.05) is 6.54 Å². The van der Waals surface area contributed by atoms with Gasteiger partial charge in [0.1, 0.15) is 0 Å². The molecule has 7 nitrogen and oxygen atoms in total. The number of nitro groups is 1. The zero-order valence-electron chi connectivity index (χ0n) is 12.1. The van der Waals surface area contributed by atoms with Crippen LogP contribution in [0.5, 0.6) is 0 Å². The predicted octanol–water partition coefficient (Wildman–Crippen LogP) is 2.27. The van der Waals surface area contributed by atoms with Gasteiger partial charge in [-0.05, 0) is 18.9 Å². The summed E-state index contributed by atoms with van der Waals surface area (Å²) in [5, 5.41) is 24.1. The van der Waals surface area contributed by atoms with Crippen LogP contribution in [0.3, 0.4) is 0 Å². The molecule has 0 aliphatic carbocycles. The number of benzene rings is 1. The first kappa shape index (κ1) is 18.7. The van der Waals surface area contributed by atoms with E-state index in [1.165, 1.54) is 18.2 Å². The third-order valence-corrected chi connectivity index (χ3v) is 3.01. The number of hydrogen-bond donors (Lipinski definition) is 3. The molecule has 0 spiro atoms. The van der Waals surface area contributed by atoms with Gasteiger partial charge in [-0.3, -0.25) is 10.1 Å². The summed E-state index contributed by atoms with van der Waals surface area (Å²) in [7, 11) is 0. The molecule has 23 heavy (non-hydrogen) atoms. The van der Waals surface area contributed by atoms with Crippen molar-refractivity contribution in [1.82, 2.24) is 10.6 Å². The predicted molar refractivity (Wildman–Crippen MR) is 74.7 cm³/mol. The first-order valence-corrected chi connectivity index (χ1v) is 6.64. The van der Waals surface area contributed by atoms with Crippen molar-refractivity contribution in [1.29, 1.82) is 0 Å². The molecule has 0 aliphatic rings. The number of hydrogen-bond acceptors (Lipinski definition) is 4. The second-order valence-corrected chi connectivity index (χ2v) is 4.82. The molecule has 0 heterocycles. The van der Waals surface area contributed by atoms with Gasteiger partial charge in [0.15, 0.2) is 6.10 Å². The van der Waals surface area contributed by atoms with Crippen molar-refractivity contribution >= 4 is 11.7 Å². The van der Waals surface area contributed by atoms with E-state index in [1.54, 1.807) is 13.0 Å². The van der Waals surface area contributed by atoms with Crippen LogP contribution in [0, 0.1) is 10.1 Å². The first-order valence-electron chi connectivity index (χ1n) is 6.64. The zero-order chi connectivity index (χ0) is 17.6. The van der Waals surface area contributed by atoms with Crippen molar-refractivity contribution in [2.24, 2.45) is 0 Å². The Labute approximate surface area is 129 Å². The van der Waals surface area contributed by atoms with Crippen LogP contribution in [0.25, 0.3) is 0 Å². The Morgan fingerprint density at radius 3 is 2.65 bits per heavy atom. The van der Waals surface area contributed by atoms with E-state index < -0.39 is 35.7 Å². The summed E-state index contributed by atoms with van der Waals surface area (Å²) in [4.78, 5) is 21.7. The molecule has 0 bridgehead atoms. The molecule has 0 saturated heterocycles. The Hall–Kier alpha value is -2.36. The summed E-state index contributed by atoms with van der Waals surface area (Å²) in [5.74, 6) is 0. The number of halogens is 3. The van der Waals surface area contributed by atoms with Crippen molar-refractivity contribution in [2.45, 2.75) is 31.7 Å². The number of carbonyl (C=O) groups excluding carboxylic acids is 1. The Kier molecular flexibility index (Phi) is 6.31. The minimum Gasteiger partial charge on any atom is -0.384 e. The Morgan fingerprint density at radius 2 is 2.09 bits per heavy atom. The summed E-state index contributed by atoms with van der Waals surface area (Å²) in [6.07, 6.45) is -7.90. The standard InChI is InChI=1S/C13H16F3N3O4/c1-8(9-3-2-4-10(7-9)19(22)23)18-12(21)17-6-5-11(20)13(14,15)16/h2-4,7-8,11,20H,5-6H2,1H3,(H2,17,18,21)/t8-,11+/m0/s1. The molecule has 2 atom stereocenters. The Bertz CT molecular complexity index is 566. The lowest BCUT2D eigenvalue weighted by molar-refractivity contribution is -0.384. The SMILES string of the molecule is C[C@H](NC(=O)NCC[C@@H](O)C(F)(F)F)c1cccc([N+](=O)[O-])c1. The van der Waals surface area contributed by atoms with Gasteiger partial charge in [-0.1, -0.05) is 12.1 Å². The number of alkyl halides is 3. The monoisotopic (exact) mass is 335 g/mol. The van der Waals surface area contributed by atoms with Crippen molar-refractivity contribution in [3.05, 3.63) is 39.9 Å². The molecule has 10 heteroatoms. The van der Waals surface area contributed by atoms with Gasteiger partial charge < -0.3 is 15.7 Å². The van der Waals surface area contributed by atoms with Gasteiger partial charge in [0.05, 0.1) is 11.0 Å². The zero-order valence-corrected chi connectivity index (χ0v) is 12.1. The molecule has 0 radical (unpaired) electrons. The van der Waals surface area contributed by atoms with E-state index in [1.807, 2.05) is 0 Å². The van der Waals surface area contributed by atoms with E-state index in [4.69, 9.17) is 5.11 Å². The van der Waals surface area contributed by atoms with Crippen LogP contribution >= 0.6 is 0 Å². The normalized spacial score (nSPS) is 14.0. The van der Waals surface area contributed by atoms with E-state index in [-0.39, 0.29) is 12.2 Å². The highest BCUT2D eigenvalue weighted by atomic mass is 19.4. The molecule has 0 fully saturated rings. The summed E-state index contributed by atoms with van der Waals surface area (Å²) in [5.41, 5.74) is 0.342. The Morgan fingerprint density at radius 1 is 1.43 bits per heavy atom. The summed E-state index contributed by atoms with van der Waals surface area (Å²) >= 11 is 0. The third-order valence-electron chi connectivity index (χ3n) is 3.01. The number of amides is 2. The maximum Gasteiger partial charge on any atom is 0.414 e. The van der Waals surface area contributed by atoms with Gasteiger partial charge in [-0.2, -0.15) is 13.2 Å². The highest BCUT2D eigenvalue weighted by molar-refractivity contribution is 5.74. The molecule has 2 amide bonds. The number of nitrogens with one attached hydrogen (secondary N) is 2. The molecule has 0 unspecified atom stereocenters. The van der Waals surface area contributed by atoms with Crippen molar-refractivity contribution in [3.63, 3.8) is 0 Å². The van der Waals surface area contributed by atoms with Gasteiger partial charge in [-0.25, -0.2) is 4.79 Å². The van der Waals surface area contributed by atoms with Crippen LogP contribution < -0.4 is 10.6 Å². The maximum absolute atomic E-state index is 12.1. The number of urea groups is 1. The highest BCUT2D eigenvalue weighted by Gasteiger charge is 2.37. The number of carbonyl (C=O) groups is 1. The number of nitrogens with zero attached hydrogens (tertiary/aromatic N) is 1. The smallest absolute Gasteiger partial charge is 0.384 e. The first-order chi connectivity index (χ1) is 10.6. The quantitative estimate of drug-likeness (QED) is 0.548. The molecule has 1 aromatic rings. The molecular formula is C13H16F3N3O4. The van der Waals surface area contributed by atoms with Gasteiger partial charge in [0.25, 0.3) is 5.69 Å². The summed E-state index contributed by atoms with van der Waals surface area (Å²) in [6, 6.07) is 4.31. The average Bonchev–Trinajstić information content (AvgIpc) is 2.46. The molecular weight excluding hydrogens is 319 g/mol. The second kappa shape index (κ2) is 7.77. The van der Waals surface area contributed by atoms with Crippen LogP contribution in [-0.2, 0) is 0 Å². The molecule has 1 rings (SSSR count). The van der Waals surface area contributed by atoms with Crippen LogP contribution in [0.4, 0.5) is 23.7 Å². The molecule has 1 aromatic carbocycles. The number of rotatable bonds is 6. The highest BCUT2D eigenvalue weighted by Crippen LogP contribution is 2.22. The van der Waals surface area contributed by atoms with E-state index in [0.29, 0.717) is 5.56 Å². The van der Waals surface area contributed by atoms with E-state index in [0.717, 1.165) is 0 Å². The minimum absolute atomic E-state index is 0.134. The van der Waals surface area contributed by atoms with Crippen molar-refractivity contribution < 1.29 is 28.0 Å². The van der Waals surface area contributed by atoms with Crippen LogP contribution in [0.2, 0.25) is 0 Å². The molecule has 0 aromatic heterocycles. The van der Waals surface area contributed by atoms with E-state index in [2.05, 4.69) is 10.6 Å². The lowest BCUT2D eigenvalue weighted by Crippen LogP contribution is -2.40. The summed E-state index contributed by atoms with van der Waals surface area (Å²) in [6.45, 7) is 1.21. The number of nitro benzene ring substituents is 1. The van der Waals surface area contributed by atoms with Gasteiger partial charge >= 0.3 is 12.2 Å². The van der Waals surface area contributed by atoms with Crippen LogP contribution in [0.15, 0.2) is 24.3 Å². The lowest BCUT2D eigenvalue weighted by Gasteiger charge is -2.17. The molecule has 0 saturated carbocycles. The maximum atomic E-state index is 12.1. The number of non-ortho nitro benzene ring substituents is 1. The lowest BCUT2D eigenvalue weighted by atomic mass is 10.1. The fraction of sp³-hybridized carbons (Fsp3) is 0.462. The number of aliphatic hydroxyl groups excluding tert-OH is 1. The van der Waals surface area contributed by atoms with Gasteiger partial charge in [-0.15, -0.1) is 0 Å². The molecule has 3 N–H and O–H groups in total. The molecule has 128 valence electrons. The molecule has 0 aliphatic heterocycles. The van der Waals surface area contributed by atoms with E-state index >= 15 is 0 Å². The van der Waals surface area contributed by atoms with Crippen molar-refractivity contribution in [3.8, 4) is 0 Å².